The van der Waals surface area contributed by atoms with Crippen LogP contribution in [0.25, 0.3) is 0 Å². The van der Waals surface area contributed by atoms with Gasteiger partial charge < -0.3 is 30.1 Å². The van der Waals surface area contributed by atoms with Crippen LogP contribution in [0.3, 0.4) is 0 Å². The van der Waals surface area contributed by atoms with Gasteiger partial charge in [0.15, 0.2) is 0 Å². The number of amides is 2. The van der Waals surface area contributed by atoms with E-state index in [1.807, 2.05) is 9.80 Å². The summed E-state index contributed by atoms with van der Waals surface area (Å²) in [6.07, 6.45) is -5.08. The molecular formula is C26H28ClF3N4O7. The Balaban J connectivity index is 0.000000587. The minimum absolute atomic E-state index is 0.0987. The van der Waals surface area contributed by atoms with E-state index < -0.39 is 24.0 Å². The van der Waals surface area contributed by atoms with E-state index in [1.54, 1.807) is 36.4 Å². The smallest absolute Gasteiger partial charge is 0.478 e. The van der Waals surface area contributed by atoms with Gasteiger partial charge in [-0.1, -0.05) is 23.7 Å². The number of alkyl halides is 3. The first kappa shape index (κ1) is 31.6. The number of ether oxygens (including phenoxy) is 1. The Bertz CT molecular complexity index is 1260. The minimum atomic E-state index is -5.08. The average Bonchev–Trinajstić information content (AvgIpc) is 2.94. The van der Waals surface area contributed by atoms with Crippen LogP contribution < -0.4 is 10.2 Å². The van der Waals surface area contributed by atoms with Crippen LogP contribution in [0.1, 0.15) is 20.7 Å². The van der Waals surface area contributed by atoms with Gasteiger partial charge in [0.05, 0.1) is 41.6 Å². The van der Waals surface area contributed by atoms with Crippen molar-refractivity contribution in [1.82, 2.24) is 9.80 Å². The molecule has 0 unspecified atom stereocenters. The second-order valence-electron chi connectivity index (χ2n) is 9.03. The number of halogens is 4. The number of aliphatic carboxylic acids is 1. The summed E-state index contributed by atoms with van der Waals surface area (Å²) < 4.78 is 37.0. The molecule has 0 spiro atoms. The van der Waals surface area contributed by atoms with Gasteiger partial charge in [-0.25, -0.2) is 9.59 Å². The van der Waals surface area contributed by atoms with Crippen molar-refractivity contribution < 1.29 is 47.3 Å². The lowest BCUT2D eigenvalue weighted by Gasteiger charge is -2.37. The summed E-state index contributed by atoms with van der Waals surface area (Å²) in [6.45, 7) is 5.26. The number of carboxylic acid groups (broad SMARTS) is 2. The first-order valence-corrected chi connectivity index (χ1v) is 12.8. The zero-order valence-electron chi connectivity index (χ0n) is 21.7. The van der Waals surface area contributed by atoms with Crippen molar-refractivity contribution in [2.45, 2.75) is 6.18 Å². The van der Waals surface area contributed by atoms with Crippen LogP contribution in [0.4, 0.5) is 24.5 Å². The molecule has 222 valence electrons. The monoisotopic (exact) mass is 600 g/mol. The zero-order chi connectivity index (χ0) is 30.2. The number of rotatable bonds is 6. The highest BCUT2D eigenvalue weighted by atomic mass is 35.5. The summed E-state index contributed by atoms with van der Waals surface area (Å²) in [4.78, 5) is 51.8. The molecule has 41 heavy (non-hydrogen) atoms. The molecule has 2 fully saturated rings. The van der Waals surface area contributed by atoms with E-state index in [2.05, 4.69) is 10.2 Å². The molecule has 0 bridgehead atoms. The molecule has 2 aromatic rings. The Kier molecular flexibility index (Phi) is 10.9. The Morgan fingerprint density at radius 2 is 1.51 bits per heavy atom. The lowest BCUT2D eigenvalue weighted by molar-refractivity contribution is -0.192. The molecule has 2 saturated heterocycles. The van der Waals surface area contributed by atoms with Gasteiger partial charge in [-0.3, -0.25) is 14.5 Å². The van der Waals surface area contributed by atoms with E-state index >= 15 is 0 Å². The molecule has 0 aromatic heterocycles. The molecule has 2 aliphatic rings. The Hall–Kier alpha value is -3.88. The van der Waals surface area contributed by atoms with Crippen molar-refractivity contribution >= 4 is 46.7 Å². The number of anilines is 2. The number of carboxylic acids is 2. The van der Waals surface area contributed by atoms with Crippen molar-refractivity contribution in [2.75, 3.05) is 69.2 Å². The van der Waals surface area contributed by atoms with Crippen LogP contribution in [-0.2, 0) is 14.3 Å². The number of carbonyl (C=O) groups excluding carboxylic acids is 2. The van der Waals surface area contributed by atoms with Gasteiger partial charge in [0.1, 0.15) is 0 Å². The summed E-state index contributed by atoms with van der Waals surface area (Å²) in [7, 11) is 0. The van der Waals surface area contributed by atoms with Crippen LogP contribution in [0, 0.1) is 0 Å². The third-order valence-electron chi connectivity index (χ3n) is 6.28. The molecule has 2 aromatic carbocycles. The maximum absolute atomic E-state index is 12.5. The molecule has 15 heteroatoms. The second kappa shape index (κ2) is 14.1. The number of morpholine rings is 1. The molecule has 4 rings (SSSR count). The average molecular weight is 601 g/mol. The van der Waals surface area contributed by atoms with Gasteiger partial charge in [0.25, 0.3) is 5.91 Å². The normalized spacial score (nSPS) is 15.9. The fourth-order valence-electron chi connectivity index (χ4n) is 4.16. The lowest BCUT2D eigenvalue weighted by atomic mass is 10.1. The fourth-order valence-corrected chi connectivity index (χ4v) is 4.38. The highest BCUT2D eigenvalue weighted by Crippen LogP contribution is 2.27. The first-order chi connectivity index (χ1) is 19.4. The third-order valence-corrected chi connectivity index (χ3v) is 6.61. The van der Waals surface area contributed by atoms with Crippen LogP contribution in [0.5, 0.6) is 0 Å². The molecule has 11 nitrogen and oxygen atoms in total. The second-order valence-corrected chi connectivity index (χ2v) is 9.44. The van der Waals surface area contributed by atoms with E-state index in [4.69, 9.17) is 26.2 Å². The number of hydrogen-bond acceptors (Lipinski definition) is 7. The van der Waals surface area contributed by atoms with Gasteiger partial charge >= 0.3 is 18.1 Å². The Morgan fingerprint density at radius 3 is 2.07 bits per heavy atom. The number of aromatic carboxylic acids is 1. The van der Waals surface area contributed by atoms with Gasteiger partial charge in [-0.05, 0) is 30.3 Å². The molecule has 0 radical (unpaired) electrons. The van der Waals surface area contributed by atoms with Gasteiger partial charge in [-0.2, -0.15) is 13.2 Å². The topological polar surface area (TPSA) is 140 Å². The van der Waals surface area contributed by atoms with E-state index in [0.717, 1.165) is 0 Å². The number of piperazine rings is 1. The van der Waals surface area contributed by atoms with E-state index in [1.165, 1.54) is 6.07 Å². The molecule has 3 N–H and O–H groups in total. The van der Waals surface area contributed by atoms with Crippen molar-refractivity contribution in [3.8, 4) is 0 Å². The quantitative estimate of drug-likeness (QED) is 0.457. The third kappa shape index (κ3) is 9.06. The number of carbonyl (C=O) groups is 4. The van der Waals surface area contributed by atoms with Crippen LogP contribution in [0.2, 0.25) is 5.02 Å². The summed E-state index contributed by atoms with van der Waals surface area (Å²) in [5.41, 5.74) is 1.38. The van der Waals surface area contributed by atoms with Crippen molar-refractivity contribution in [3.05, 3.63) is 58.6 Å². The number of nitrogens with one attached hydrogen (secondary N) is 1. The Labute approximate surface area is 238 Å². The molecule has 2 aliphatic heterocycles. The molecule has 2 heterocycles. The van der Waals surface area contributed by atoms with Crippen molar-refractivity contribution in [1.29, 1.82) is 0 Å². The standard InChI is InChI=1S/C24H27ClN4O5.C2HF3O2/c25-20-4-2-1-3-18(20)23(31)26-17-5-6-21(19(15-17)24(32)33)28-9-7-27(8-10-28)16-22(30)29-11-13-34-14-12-29;3-2(4,5)1(6)7/h1-6,15H,7-14,16H2,(H,26,31)(H,32,33);(H,6,7). The fraction of sp³-hybridized carbons (Fsp3) is 0.385. The van der Waals surface area contributed by atoms with Crippen LogP contribution >= 0.6 is 11.6 Å². The van der Waals surface area contributed by atoms with Crippen molar-refractivity contribution in [3.63, 3.8) is 0 Å². The maximum atomic E-state index is 12.5. The summed E-state index contributed by atoms with van der Waals surface area (Å²) in [6, 6.07) is 11.5. The molecular weight excluding hydrogens is 573 g/mol. The lowest BCUT2D eigenvalue weighted by Crippen LogP contribution is -2.51. The van der Waals surface area contributed by atoms with Crippen LogP contribution in [-0.4, -0.2) is 109 Å². The predicted octanol–water partition coefficient (Wildman–Crippen LogP) is 2.90. The largest absolute Gasteiger partial charge is 0.490 e. The van der Waals surface area contributed by atoms with Crippen molar-refractivity contribution in [2.24, 2.45) is 0 Å². The molecule has 0 saturated carbocycles. The Morgan fingerprint density at radius 1 is 0.902 bits per heavy atom. The molecule has 2 amide bonds. The summed E-state index contributed by atoms with van der Waals surface area (Å²) in [5.74, 6) is -4.14. The summed E-state index contributed by atoms with van der Waals surface area (Å²) >= 11 is 6.09. The SMILES string of the molecule is O=C(Nc1ccc(N2CCN(CC(=O)N3CCOCC3)CC2)c(C(=O)O)c1)c1ccccc1Cl.O=C(O)C(F)(F)F. The number of benzene rings is 2. The number of nitrogens with zero attached hydrogens (tertiary/aromatic N) is 3. The predicted molar refractivity (Wildman–Crippen MR) is 143 cm³/mol. The van der Waals surface area contributed by atoms with E-state index in [-0.39, 0.29) is 11.5 Å². The highest BCUT2D eigenvalue weighted by molar-refractivity contribution is 6.34. The number of hydrogen-bond donors (Lipinski definition) is 3. The summed E-state index contributed by atoms with van der Waals surface area (Å²) in [5, 5.41) is 20.0. The minimum Gasteiger partial charge on any atom is -0.478 e. The van der Waals surface area contributed by atoms with Crippen LogP contribution in [0.15, 0.2) is 42.5 Å². The van der Waals surface area contributed by atoms with E-state index in [9.17, 15) is 32.7 Å². The molecule has 0 atom stereocenters. The van der Waals surface area contributed by atoms with Gasteiger partial charge in [0, 0.05) is 45.0 Å². The zero-order valence-corrected chi connectivity index (χ0v) is 22.5. The van der Waals surface area contributed by atoms with E-state index in [0.29, 0.717) is 81.0 Å². The maximum Gasteiger partial charge on any atom is 0.490 e. The van der Waals surface area contributed by atoms with Gasteiger partial charge in [-0.15, -0.1) is 0 Å². The first-order valence-electron chi connectivity index (χ1n) is 12.4. The molecule has 0 aliphatic carbocycles. The van der Waals surface area contributed by atoms with Gasteiger partial charge in [0.2, 0.25) is 5.91 Å². The highest BCUT2D eigenvalue weighted by Gasteiger charge is 2.38.